The molecule has 2 amide bonds. The first kappa shape index (κ1) is 14.0. The highest BCUT2D eigenvalue weighted by Crippen LogP contribution is 2.24. The van der Waals surface area contributed by atoms with E-state index in [0.29, 0.717) is 18.8 Å². The monoisotopic (exact) mass is 276 g/mol. The van der Waals surface area contributed by atoms with E-state index in [9.17, 15) is 14.4 Å². The molecule has 1 saturated heterocycles. The maximum atomic E-state index is 12.1. The Hall–Kier alpha value is -2.37. The number of esters is 1. The lowest BCUT2D eigenvalue weighted by Gasteiger charge is -2.18. The van der Waals surface area contributed by atoms with E-state index < -0.39 is 11.8 Å². The van der Waals surface area contributed by atoms with Gasteiger partial charge in [-0.15, -0.1) is 0 Å². The molecule has 6 nitrogen and oxygen atoms in total. The molecule has 1 heterocycles. The molecule has 106 valence electrons. The zero-order valence-electron chi connectivity index (χ0n) is 11.5. The van der Waals surface area contributed by atoms with Gasteiger partial charge in [0.2, 0.25) is 0 Å². The van der Waals surface area contributed by atoms with E-state index in [0.717, 1.165) is 0 Å². The van der Waals surface area contributed by atoms with Gasteiger partial charge in [0.25, 0.3) is 5.78 Å². The minimum atomic E-state index is -0.903. The van der Waals surface area contributed by atoms with Crippen LogP contribution in [0.4, 0.5) is 10.5 Å². The van der Waals surface area contributed by atoms with Crippen LogP contribution in [-0.2, 0) is 9.53 Å². The SMILES string of the molecule is CCOC(=O)C(=O)c1ccccc1N1CCN(C)C1=O. The average Bonchev–Trinajstić information content (AvgIpc) is 2.78. The van der Waals surface area contributed by atoms with Crippen LogP contribution < -0.4 is 4.90 Å². The molecular formula is C14H16N2O4. The number of ether oxygens (including phenoxy) is 1. The zero-order valence-corrected chi connectivity index (χ0v) is 11.5. The van der Waals surface area contributed by atoms with Crippen LogP contribution in [0.15, 0.2) is 24.3 Å². The number of hydrogen-bond acceptors (Lipinski definition) is 4. The molecule has 0 N–H and O–H groups in total. The number of benzene rings is 1. The van der Waals surface area contributed by atoms with Gasteiger partial charge in [0, 0.05) is 20.1 Å². The Balaban J connectivity index is 2.34. The van der Waals surface area contributed by atoms with Gasteiger partial charge in [-0.05, 0) is 19.1 Å². The second-order valence-electron chi connectivity index (χ2n) is 4.42. The molecule has 0 aromatic heterocycles. The second-order valence-corrected chi connectivity index (χ2v) is 4.42. The highest BCUT2D eigenvalue weighted by Gasteiger charge is 2.31. The molecule has 2 rings (SSSR count). The number of rotatable bonds is 4. The molecule has 0 spiro atoms. The number of anilines is 1. The first-order chi connectivity index (χ1) is 9.56. The highest BCUT2D eigenvalue weighted by molar-refractivity contribution is 6.42. The van der Waals surface area contributed by atoms with Gasteiger partial charge < -0.3 is 9.64 Å². The highest BCUT2D eigenvalue weighted by atomic mass is 16.5. The van der Waals surface area contributed by atoms with Crippen molar-refractivity contribution in [1.29, 1.82) is 0 Å². The first-order valence-corrected chi connectivity index (χ1v) is 6.39. The molecule has 1 aliphatic heterocycles. The topological polar surface area (TPSA) is 66.9 Å². The van der Waals surface area contributed by atoms with Crippen molar-refractivity contribution in [2.24, 2.45) is 0 Å². The summed E-state index contributed by atoms with van der Waals surface area (Å²) in [7, 11) is 1.69. The number of carbonyl (C=O) groups excluding carboxylic acids is 3. The lowest BCUT2D eigenvalue weighted by Crippen LogP contribution is -2.31. The van der Waals surface area contributed by atoms with Crippen LogP contribution in [0.1, 0.15) is 17.3 Å². The minimum absolute atomic E-state index is 0.137. The number of likely N-dealkylation sites (N-methyl/N-ethyl adjacent to an activating group) is 1. The summed E-state index contributed by atoms with van der Waals surface area (Å²) in [6.07, 6.45) is 0. The molecule has 0 saturated carbocycles. The Morgan fingerprint density at radius 2 is 1.95 bits per heavy atom. The van der Waals surface area contributed by atoms with Crippen molar-refractivity contribution >= 4 is 23.5 Å². The Bertz CT molecular complexity index is 556. The molecule has 20 heavy (non-hydrogen) atoms. The first-order valence-electron chi connectivity index (χ1n) is 6.39. The molecule has 6 heteroatoms. The van der Waals surface area contributed by atoms with Gasteiger partial charge in [-0.3, -0.25) is 9.69 Å². The minimum Gasteiger partial charge on any atom is -0.460 e. The Labute approximate surface area is 116 Å². The number of hydrogen-bond donors (Lipinski definition) is 0. The zero-order chi connectivity index (χ0) is 14.7. The number of amides is 2. The molecule has 1 fully saturated rings. The quantitative estimate of drug-likeness (QED) is 0.472. The van der Waals surface area contributed by atoms with Gasteiger partial charge in [-0.1, -0.05) is 12.1 Å². The summed E-state index contributed by atoms with van der Waals surface area (Å²) in [6, 6.07) is 6.38. The predicted molar refractivity (Wildman–Crippen MR) is 72.8 cm³/mol. The summed E-state index contributed by atoms with van der Waals surface area (Å²) < 4.78 is 4.72. The molecule has 1 aliphatic rings. The molecule has 1 aromatic carbocycles. The molecule has 0 atom stereocenters. The van der Waals surface area contributed by atoms with E-state index in [2.05, 4.69) is 0 Å². The van der Waals surface area contributed by atoms with Crippen LogP contribution in [-0.4, -0.2) is 49.4 Å². The van der Waals surface area contributed by atoms with Gasteiger partial charge in [0.15, 0.2) is 0 Å². The van der Waals surface area contributed by atoms with Crippen LogP contribution in [0, 0.1) is 0 Å². The Morgan fingerprint density at radius 1 is 1.25 bits per heavy atom. The standard InChI is InChI=1S/C14H16N2O4/c1-3-20-13(18)12(17)10-6-4-5-7-11(10)16-9-8-15(2)14(16)19/h4-7H,3,8-9H2,1-2H3. The van der Waals surface area contributed by atoms with Crippen molar-refractivity contribution in [3.05, 3.63) is 29.8 Å². The number of nitrogens with zero attached hydrogens (tertiary/aromatic N) is 2. The van der Waals surface area contributed by atoms with E-state index >= 15 is 0 Å². The van der Waals surface area contributed by atoms with E-state index in [1.54, 1.807) is 37.1 Å². The van der Waals surface area contributed by atoms with Crippen molar-refractivity contribution in [2.45, 2.75) is 6.92 Å². The van der Waals surface area contributed by atoms with Gasteiger partial charge in [0.05, 0.1) is 17.9 Å². The van der Waals surface area contributed by atoms with Crippen molar-refractivity contribution in [3.63, 3.8) is 0 Å². The van der Waals surface area contributed by atoms with Crippen LogP contribution in [0.25, 0.3) is 0 Å². The number of para-hydroxylation sites is 1. The average molecular weight is 276 g/mol. The van der Waals surface area contributed by atoms with Crippen molar-refractivity contribution in [3.8, 4) is 0 Å². The third kappa shape index (κ3) is 2.49. The van der Waals surface area contributed by atoms with Gasteiger partial charge >= 0.3 is 12.0 Å². The summed E-state index contributed by atoms with van der Waals surface area (Å²) in [6.45, 7) is 2.84. The van der Waals surface area contributed by atoms with Crippen LogP contribution in [0.2, 0.25) is 0 Å². The summed E-state index contributed by atoms with van der Waals surface area (Å²) in [5, 5.41) is 0. The molecule has 0 radical (unpaired) electrons. The predicted octanol–water partition coefficient (Wildman–Crippen LogP) is 1.30. The lowest BCUT2D eigenvalue weighted by atomic mass is 10.1. The second kappa shape index (κ2) is 5.73. The number of Topliss-reactive ketones (excluding diaryl/α,β-unsaturated/α-hetero) is 1. The van der Waals surface area contributed by atoms with E-state index in [4.69, 9.17) is 4.74 Å². The molecule has 1 aromatic rings. The number of ketones is 1. The fourth-order valence-corrected chi connectivity index (χ4v) is 2.08. The molecule has 0 aliphatic carbocycles. The largest absolute Gasteiger partial charge is 0.460 e. The van der Waals surface area contributed by atoms with Crippen molar-refractivity contribution < 1.29 is 19.1 Å². The summed E-state index contributed by atoms with van der Waals surface area (Å²) in [4.78, 5) is 38.7. The maximum absolute atomic E-state index is 12.1. The van der Waals surface area contributed by atoms with Gasteiger partial charge in [0.1, 0.15) is 0 Å². The van der Waals surface area contributed by atoms with Gasteiger partial charge in [-0.2, -0.15) is 0 Å². The molecule has 0 bridgehead atoms. The summed E-state index contributed by atoms with van der Waals surface area (Å²) in [5.74, 6) is -1.63. The molecular weight excluding hydrogens is 260 g/mol. The van der Waals surface area contributed by atoms with Crippen LogP contribution in [0.5, 0.6) is 0 Å². The van der Waals surface area contributed by atoms with Crippen LogP contribution >= 0.6 is 0 Å². The maximum Gasteiger partial charge on any atom is 0.379 e. The Kier molecular flexibility index (Phi) is 4.02. The summed E-state index contributed by atoms with van der Waals surface area (Å²) >= 11 is 0. The van der Waals surface area contributed by atoms with E-state index in [1.165, 1.54) is 11.0 Å². The summed E-state index contributed by atoms with van der Waals surface area (Å²) in [5.41, 5.74) is 0.634. The van der Waals surface area contributed by atoms with Crippen molar-refractivity contribution in [1.82, 2.24) is 4.90 Å². The smallest absolute Gasteiger partial charge is 0.379 e. The van der Waals surface area contributed by atoms with Gasteiger partial charge in [-0.25, -0.2) is 9.59 Å². The van der Waals surface area contributed by atoms with E-state index in [-0.39, 0.29) is 18.2 Å². The normalized spacial score (nSPS) is 14.6. The fraction of sp³-hybridized carbons (Fsp3) is 0.357. The van der Waals surface area contributed by atoms with Crippen molar-refractivity contribution in [2.75, 3.05) is 31.6 Å². The molecule has 0 unspecified atom stereocenters. The third-order valence-electron chi connectivity index (χ3n) is 3.12. The third-order valence-corrected chi connectivity index (χ3v) is 3.12. The fourth-order valence-electron chi connectivity index (χ4n) is 2.08. The number of carbonyl (C=O) groups is 3. The lowest BCUT2D eigenvalue weighted by molar-refractivity contribution is -0.137. The van der Waals surface area contributed by atoms with Crippen LogP contribution in [0.3, 0.4) is 0 Å². The Morgan fingerprint density at radius 3 is 2.55 bits per heavy atom. The van der Waals surface area contributed by atoms with E-state index in [1.807, 2.05) is 0 Å². The number of urea groups is 1.